The number of phenolic OH excluding ortho intramolecular Hbond substituents is 2. The van der Waals surface area contributed by atoms with Gasteiger partial charge in [-0.2, -0.15) is 10.1 Å². The molecular formula is C18H14N2O3S2. The second-order valence-corrected chi connectivity index (χ2v) is 7.07. The molecule has 2 aromatic carbocycles. The highest BCUT2D eigenvalue weighted by Gasteiger charge is 2.32. The smallest absolute Gasteiger partial charge is 0.286 e. The molecule has 0 spiro atoms. The highest BCUT2D eigenvalue weighted by molar-refractivity contribution is 8.26. The number of rotatable bonds is 3. The minimum atomic E-state index is -0.296. The minimum absolute atomic E-state index is 0.219. The number of nitrogens with zero attached hydrogens (tertiary/aromatic N) is 2. The van der Waals surface area contributed by atoms with E-state index in [1.54, 1.807) is 12.1 Å². The summed E-state index contributed by atoms with van der Waals surface area (Å²) in [5.74, 6) is -0.771. The van der Waals surface area contributed by atoms with E-state index in [9.17, 15) is 15.0 Å². The number of hydrogen-bond acceptors (Lipinski definition) is 6. The summed E-state index contributed by atoms with van der Waals surface area (Å²) in [6.45, 7) is 2.00. The number of phenols is 2. The minimum Gasteiger partial charge on any atom is -0.504 e. The van der Waals surface area contributed by atoms with Crippen molar-refractivity contribution in [1.82, 2.24) is 5.01 Å². The maximum absolute atomic E-state index is 12.5. The number of hydrogen-bond donors (Lipinski definition) is 2. The lowest BCUT2D eigenvalue weighted by atomic mass is 10.1. The van der Waals surface area contributed by atoms with Crippen molar-refractivity contribution < 1.29 is 15.0 Å². The Balaban J connectivity index is 1.80. The van der Waals surface area contributed by atoms with Crippen LogP contribution in [-0.2, 0) is 4.79 Å². The van der Waals surface area contributed by atoms with E-state index in [0.29, 0.717) is 14.8 Å². The van der Waals surface area contributed by atoms with Crippen LogP contribution in [0, 0.1) is 6.92 Å². The predicted octanol–water partition coefficient (Wildman–Crippen LogP) is 3.64. The first-order valence-electron chi connectivity index (χ1n) is 7.34. The second kappa shape index (κ2) is 7.08. The Morgan fingerprint density at radius 1 is 1.08 bits per heavy atom. The number of aryl methyl sites for hydroxylation is 1. The van der Waals surface area contributed by atoms with Gasteiger partial charge < -0.3 is 10.2 Å². The van der Waals surface area contributed by atoms with Crippen molar-refractivity contribution in [2.24, 2.45) is 5.10 Å². The molecule has 7 heteroatoms. The molecule has 1 aliphatic rings. The SMILES string of the molecule is Cc1ccc(/C=C2/SC(=S)N(/N=C/c3ccc(O)c(O)c3)C2=O)cc1. The van der Waals surface area contributed by atoms with Crippen molar-refractivity contribution in [3.05, 3.63) is 64.1 Å². The number of thioether (sulfide) groups is 1. The standard InChI is InChI=1S/C18H14N2O3S2/c1-11-2-4-12(5-3-11)9-16-17(23)20(18(24)25-16)19-10-13-6-7-14(21)15(22)8-13/h2-10,21-22H,1H3/b16-9+,19-10+. The maximum atomic E-state index is 12.5. The average Bonchev–Trinajstić information content (AvgIpc) is 2.84. The highest BCUT2D eigenvalue weighted by atomic mass is 32.2. The van der Waals surface area contributed by atoms with Gasteiger partial charge in [0.1, 0.15) is 0 Å². The molecule has 0 radical (unpaired) electrons. The first kappa shape index (κ1) is 17.2. The molecule has 126 valence electrons. The fourth-order valence-corrected chi connectivity index (χ4v) is 3.29. The Bertz CT molecular complexity index is 905. The maximum Gasteiger partial charge on any atom is 0.286 e. The molecule has 2 N–H and O–H groups in total. The van der Waals surface area contributed by atoms with E-state index in [1.807, 2.05) is 31.2 Å². The monoisotopic (exact) mass is 370 g/mol. The molecule has 1 saturated heterocycles. The molecule has 1 amide bonds. The van der Waals surface area contributed by atoms with Crippen LogP contribution in [0.4, 0.5) is 0 Å². The Morgan fingerprint density at radius 3 is 2.44 bits per heavy atom. The van der Waals surface area contributed by atoms with Crippen LogP contribution in [0.3, 0.4) is 0 Å². The number of carbonyl (C=O) groups is 1. The molecular weight excluding hydrogens is 356 g/mol. The summed E-state index contributed by atoms with van der Waals surface area (Å²) in [4.78, 5) is 13.0. The molecule has 0 atom stereocenters. The van der Waals surface area contributed by atoms with Crippen LogP contribution in [0.25, 0.3) is 6.08 Å². The van der Waals surface area contributed by atoms with Crippen molar-refractivity contribution in [3.63, 3.8) is 0 Å². The summed E-state index contributed by atoms with van der Waals surface area (Å²) in [6, 6.07) is 12.1. The van der Waals surface area contributed by atoms with Gasteiger partial charge >= 0.3 is 0 Å². The van der Waals surface area contributed by atoms with Gasteiger partial charge in [0.15, 0.2) is 15.8 Å². The van der Waals surface area contributed by atoms with Crippen molar-refractivity contribution in [3.8, 4) is 11.5 Å². The zero-order chi connectivity index (χ0) is 18.0. The summed E-state index contributed by atoms with van der Waals surface area (Å²) in [5.41, 5.74) is 2.59. The second-order valence-electron chi connectivity index (χ2n) is 5.40. The van der Waals surface area contributed by atoms with Crippen molar-refractivity contribution in [2.45, 2.75) is 6.92 Å². The lowest BCUT2D eigenvalue weighted by Crippen LogP contribution is -2.22. The van der Waals surface area contributed by atoms with E-state index >= 15 is 0 Å². The molecule has 0 aromatic heterocycles. The molecule has 25 heavy (non-hydrogen) atoms. The summed E-state index contributed by atoms with van der Waals surface area (Å²) < 4.78 is 0.336. The molecule has 2 aromatic rings. The van der Waals surface area contributed by atoms with Crippen molar-refractivity contribution >= 4 is 46.5 Å². The van der Waals surface area contributed by atoms with Crippen LogP contribution < -0.4 is 0 Å². The normalized spacial score (nSPS) is 16.4. The molecule has 0 saturated carbocycles. The molecule has 3 rings (SSSR count). The Kier molecular flexibility index (Phi) is 4.87. The zero-order valence-corrected chi connectivity index (χ0v) is 14.8. The zero-order valence-electron chi connectivity index (χ0n) is 13.2. The first-order chi connectivity index (χ1) is 11.9. The van der Waals surface area contributed by atoms with Gasteiger partial charge in [0.2, 0.25) is 0 Å². The van der Waals surface area contributed by atoms with Gasteiger partial charge in [0, 0.05) is 0 Å². The van der Waals surface area contributed by atoms with Crippen LogP contribution in [0.15, 0.2) is 52.5 Å². The molecule has 0 aliphatic carbocycles. The van der Waals surface area contributed by atoms with Gasteiger partial charge in [0.25, 0.3) is 5.91 Å². The van der Waals surface area contributed by atoms with Gasteiger partial charge in [-0.25, -0.2) is 0 Å². The van der Waals surface area contributed by atoms with Crippen LogP contribution in [0.1, 0.15) is 16.7 Å². The van der Waals surface area contributed by atoms with Crippen LogP contribution >= 0.6 is 24.0 Å². The summed E-state index contributed by atoms with van der Waals surface area (Å²) in [6.07, 6.45) is 3.18. The van der Waals surface area contributed by atoms with E-state index in [-0.39, 0.29) is 17.4 Å². The van der Waals surface area contributed by atoms with E-state index in [1.165, 1.54) is 30.1 Å². The quantitative estimate of drug-likeness (QED) is 0.373. The molecule has 1 fully saturated rings. The number of amides is 1. The Morgan fingerprint density at radius 2 is 1.76 bits per heavy atom. The summed E-state index contributed by atoms with van der Waals surface area (Å²) in [7, 11) is 0. The van der Waals surface area contributed by atoms with Crippen molar-refractivity contribution in [2.75, 3.05) is 0 Å². The molecule has 1 heterocycles. The highest BCUT2D eigenvalue weighted by Crippen LogP contribution is 2.33. The third-order valence-corrected chi connectivity index (χ3v) is 4.75. The number of hydrazone groups is 1. The largest absolute Gasteiger partial charge is 0.504 e. The van der Waals surface area contributed by atoms with Gasteiger partial charge in [-0.15, -0.1) is 0 Å². The fourth-order valence-electron chi connectivity index (χ4n) is 2.12. The van der Waals surface area contributed by atoms with E-state index in [4.69, 9.17) is 12.2 Å². The van der Waals surface area contributed by atoms with Crippen LogP contribution in [0.2, 0.25) is 0 Å². The third-order valence-electron chi connectivity index (χ3n) is 3.47. The van der Waals surface area contributed by atoms with Gasteiger partial charge in [-0.3, -0.25) is 4.79 Å². The predicted molar refractivity (Wildman–Crippen MR) is 104 cm³/mol. The van der Waals surface area contributed by atoms with Gasteiger partial charge in [-0.1, -0.05) is 41.6 Å². The average molecular weight is 370 g/mol. The Labute approximate surface area is 154 Å². The number of carbonyl (C=O) groups excluding carboxylic acids is 1. The topological polar surface area (TPSA) is 73.1 Å². The summed E-state index contributed by atoms with van der Waals surface area (Å²) >= 11 is 6.41. The van der Waals surface area contributed by atoms with E-state index < -0.39 is 0 Å². The molecule has 0 bridgehead atoms. The van der Waals surface area contributed by atoms with Gasteiger partial charge in [0.05, 0.1) is 11.1 Å². The molecule has 1 aliphatic heterocycles. The number of benzene rings is 2. The van der Waals surface area contributed by atoms with E-state index in [2.05, 4.69) is 5.10 Å². The third kappa shape index (κ3) is 3.89. The summed E-state index contributed by atoms with van der Waals surface area (Å²) in [5, 5.41) is 24.0. The molecule has 0 unspecified atom stereocenters. The lowest BCUT2D eigenvalue weighted by molar-refractivity contribution is -0.122. The van der Waals surface area contributed by atoms with E-state index in [0.717, 1.165) is 16.1 Å². The number of aromatic hydroxyl groups is 2. The Hall–Kier alpha value is -2.64. The lowest BCUT2D eigenvalue weighted by Gasteiger charge is -2.06. The number of thiocarbonyl (C=S) groups is 1. The van der Waals surface area contributed by atoms with Crippen LogP contribution in [0.5, 0.6) is 11.5 Å². The van der Waals surface area contributed by atoms with Crippen molar-refractivity contribution in [1.29, 1.82) is 0 Å². The first-order valence-corrected chi connectivity index (χ1v) is 8.57. The fraction of sp³-hybridized carbons (Fsp3) is 0.0556. The molecule has 5 nitrogen and oxygen atoms in total. The van der Waals surface area contributed by atoms with Gasteiger partial charge in [-0.05, 0) is 54.5 Å². The van der Waals surface area contributed by atoms with Crippen LogP contribution in [-0.4, -0.2) is 31.7 Å².